The number of amides is 1. The summed E-state index contributed by atoms with van der Waals surface area (Å²) in [4.78, 5) is 25.4. The molecule has 0 aliphatic carbocycles. The molecular weight excluding hydrogens is 365 g/mol. The van der Waals surface area contributed by atoms with E-state index in [1.165, 1.54) is 0 Å². The van der Waals surface area contributed by atoms with Gasteiger partial charge >= 0.3 is 5.97 Å². The van der Waals surface area contributed by atoms with Crippen LogP contribution in [0.1, 0.15) is 39.5 Å². The van der Waals surface area contributed by atoms with Crippen LogP contribution in [0, 0.1) is 0 Å². The molecule has 0 saturated heterocycles. The zero-order chi connectivity index (χ0) is 18.7. The molecule has 5 nitrogen and oxygen atoms in total. The van der Waals surface area contributed by atoms with Crippen molar-refractivity contribution in [3.8, 4) is 5.75 Å². The Kier molecular flexibility index (Phi) is 10.3. The van der Waals surface area contributed by atoms with Gasteiger partial charge < -0.3 is 14.4 Å². The predicted molar refractivity (Wildman–Crippen MR) is 99.3 cm³/mol. The third-order valence-electron chi connectivity index (χ3n) is 3.42. The van der Waals surface area contributed by atoms with Crippen molar-refractivity contribution in [3.63, 3.8) is 0 Å². The van der Waals surface area contributed by atoms with Crippen molar-refractivity contribution < 1.29 is 19.1 Å². The van der Waals surface area contributed by atoms with Gasteiger partial charge in [-0.05, 0) is 38.0 Å². The molecule has 0 radical (unpaired) electrons. The quantitative estimate of drug-likeness (QED) is 0.417. The lowest BCUT2D eigenvalue weighted by Gasteiger charge is -2.21. The Morgan fingerprint density at radius 1 is 1.12 bits per heavy atom. The topological polar surface area (TPSA) is 55.8 Å². The predicted octanol–water partition coefficient (Wildman–Crippen LogP) is 4.34. The van der Waals surface area contributed by atoms with E-state index in [1.54, 1.807) is 30.0 Å². The number of esters is 1. The Morgan fingerprint density at radius 2 is 1.88 bits per heavy atom. The van der Waals surface area contributed by atoms with E-state index >= 15 is 0 Å². The summed E-state index contributed by atoms with van der Waals surface area (Å²) in [5, 5.41) is 0.991. The summed E-state index contributed by atoms with van der Waals surface area (Å²) in [6.45, 7) is 5.50. The first-order valence-corrected chi connectivity index (χ1v) is 9.24. The van der Waals surface area contributed by atoms with Gasteiger partial charge in [-0.3, -0.25) is 9.59 Å². The molecular formula is C18H25Cl2NO4. The minimum absolute atomic E-state index is 0.0111. The maximum Gasteiger partial charge on any atom is 0.307 e. The van der Waals surface area contributed by atoms with Crippen LogP contribution in [0.5, 0.6) is 5.75 Å². The molecule has 1 aromatic carbocycles. The molecule has 1 aromatic rings. The number of carbonyl (C=O) groups excluding carboxylic acids is 2. The summed E-state index contributed by atoms with van der Waals surface area (Å²) in [6, 6.07) is 5.02. The number of hydrogen-bond acceptors (Lipinski definition) is 4. The second-order valence-electron chi connectivity index (χ2n) is 5.46. The second-order valence-corrected chi connectivity index (χ2v) is 6.31. The minimum atomic E-state index is -0.280. The molecule has 0 unspecified atom stereocenters. The molecule has 0 saturated carbocycles. The van der Waals surface area contributed by atoms with E-state index in [0.717, 1.165) is 6.42 Å². The average molecular weight is 390 g/mol. The number of nitrogens with zero attached hydrogens (tertiary/aromatic N) is 1. The minimum Gasteiger partial charge on any atom is -0.492 e. The van der Waals surface area contributed by atoms with E-state index in [0.29, 0.717) is 54.9 Å². The van der Waals surface area contributed by atoms with Crippen LogP contribution in [0.25, 0.3) is 0 Å². The molecule has 7 heteroatoms. The number of carbonyl (C=O) groups is 2. The SMILES string of the molecule is CCCN(CCC(=O)OCC)C(=O)CCCOc1ccc(Cl)cc1Cl. The van der Waals surface area contributed by atoms with Crippen LogP contribution in [0.3, 0.4) is 0 Å². The van der Waals surface area contributed by atoms with E-state index in [2.05, 4.69) is 0 Å². The summed E-state index contributed by atoms with van der Waals surface area (Å²) in [5.41, 5.74) is 0. The summed E-state index contributed by atoms with van der Waals surface area (Å²) >= 11 is 11.9. The Labute approximate surface area is 159 Å². The average Bonchev–Trinajstić information content (AvgIpc) is 2.57. The zero-order valence-corrected chi connectivity index (χ0v) is 16.2. The molecule has 1 amide bonds. The molecule has 0 heterocycles. The Bertz CT molecular complexity index is 566. The van der Waals surface area contributed by atoms with Crippen LogP contribution in [-0.2, 0) is 14.3 Å². The number of benzene rings is 1. The number of halogens is 2. The van der Waals surface area contributed by atoms with E-state index < -0.39 is 0 Å². The van der Waals surface area contributed by atoms with Crippen molar-refractivity contribution >= 4 is 35.1 Å². The Hall–Kier alpha value is -1.46. The van der Waals surface area contributed by atoms with Crippen molar-refractivity contribution in [1.29, 1.82) is 0 Å². The number of hydrogen-bond donors (Lipinski definition) is 0. The van der Waals surface area contributed by atoms with Crippen molar-refractivity contribution in [2.24, 2.45) is 0 Å². The first-order valence-electron chi connectivity index (χ1n) is 8.49. The van der Waals surface area contributed by atoms with E-state index in [9.17, 15) is 9.59 Å². The lowest BCUT2D eigenvalue weighted by molar-refractivity contribution is -0.144. The molecule has 0 spiro atoms. The van der Waals surface area contributed by atoms with Crippen LogP contribution in [0.4, 0.5) is 0 Å². The van der Waals surface area contributed by atoms with Gasteiger partial charge in [0.2, 0.25) is 5.91 Å². The summed E-state index contributed by atoms with van der Waals surface area (Å²) in [5.74, 6) is 0.278. The molecule has 0 fully saturated rings. The molecule has 0 bridgehead atoms. The van der Waals surface area contributed by atoms with Gasteiger partial charge in [-0.2, -0.15) is 0 Å². The summed E-state index contributed by atoms with van der Waals surface area (Å²) in [7, 11) is 0. The van der Waals surface area contributed by atoms with Crippen LogP contribution >= 0.6 is 23.2 Å². The molecule has 0 N–H and O–H groups in total. The van der Waals surface area contributed by atoms with Crippen LogP contribution in [0.15, 0.2) is 18.2 Å². The van der Waals surface area contributed by atoms with Gasteiger partial charge in [0.1, 0.15) is 5.75 Å². The smallest absolute Gasteiger partial charge is 0.307 e. The molecule has 0 aromatic heterocycles. The molecule has 1 rings (SSSR count). The highest BCUT2D eigenvalue weighted by Gasteiger charge is 2.14. The first kappa shape index (κ1) is 21.6. The van der Waals surface area contributed by atoms with Gasteiger partial charge in [0, 0.05) is 24.5 Å². The lowest BCUT2D eigenvalue weighted by Crippen LogP contribution is -2.34. The van der Waals surface area contributed by atoms with Gasteiger partial charge in [0.25, 0.3) is 0 Å². The summed E-state index contributed by atoms with van der Waals surface area (Å²) < 4.78 is 10.5. The van der Waals surface area contributed by atoms with Crippen LogP contribution in [0.2, 0.25) is 10.0 Å². The van der Waals surface area contributed by atoms with Gasteiger partial charge in [0.15, 0.2) is 0 Å². The van der Waals surface area contributed by atoms with Gasteiger partial charge in [0.05, 0.1) is 24.7 Å². The van der Waals surface area contributed by atoms with Crippen molar-refractivity contribution in [2.75, 3.05) is 26.3 Å². The molecule has 0 aliphatic heterocycles. The largest absolute Gasteiger partial charge is 0.492 e. The number of rotatable bonds is 11. The maximum absolute atomic E-state index is 12.3. The molecule has 140 valence electrons. The standard InChI is InChI=1S/C18H25Cl2NO4/c1-3-10-21(11-9-18(23)24-4-2)17(22)6-5-12-25-16-8-7-14(19)13-15(16)20/h7-8,13H,3-6,9-12H2,1-2H3. The van der Waals surface area contributed by atoms with E-state index in [1.807, 2.05) is 6.92 Å². The maximum atomic E-state index is 12.3. The fourth-order valence-corrected chi connectivity index (χ4v) is 2.71. The highest BCUT2D eigenvalue weighted by Crippen LogP contribution is 2.27. The monoisotopic (exact) mass is 389 g/mol. The van der Waals surface area contributed by atoms with Crippen LogP contribution < -0.4 is 4.74 Å². The fraction of sp³-hybridized carbons (Fsp3) is 0.556. The Balaban J connectivity index is 2.37. The van der Waals surface area contributed by atoms with Gasteiger partial charge in [-0.1, -0.05) is 30.1 Å². The van der Waals surface area contributed by atoms with Crippen LogP contribution in [-0.4, -0.2) is 43.1 Å². The highest BCUT2D eigenvalue weighted by molar-refractivity contribution is 6.35. The second kappa shape index (κ2) is 12.0. The molecule has 0 atom stereocenters. The first-order chi connectivity index (χ1) is 12.0. The van der Waals surface area contributed by atoms with Crippen molar-refractivity contribution in [1.82, 2.24) is 4.90 Å². The normalized spacial score (nSPS) is 10.4. The zero-order valence-electron chi connectivity index (χ0n) is 14.7. The van der Waals surface area contributed by atoms with E-state index in [-0.39, 0.29) is 18.3 Å². The third kappa shape index (κ3) is 8.45. The van der Waals surface area contributed by atoms with Gasteiger partial charge in [-0.25, -0.2) is 0 Å². The molecule has 0 aliphatic rings. The van der Waals surface area contributed by atoms with Gasteiger partial charge in [-0.15, -0.1) is 0 Å². The fourth-order valence-electron chi connectivity index (χ4n) is 2.25. The van der Waals surface area contributed by atoms with E-state index in [4.69, 9.17) is 32.7 Å². The van der Waals surface area contributed by atoms with Crippen molar-refractivity contribution in [3.05, 3.63) is 28.2 Å². The summed E-state index contributed by atoms with van der Waals surface area (Å²) in [6.07, 6.45) is 1.98. The number of ether oxygens (including phenoxy) is 2. The Morgan fingerprint density at radius 3 is 2.52 bits per heavy atom. The van der Waals surface area contributed by atoms with Crippen molar-refractivity contribution in [2.45, 2.75) is 39.5 Å². The third-order valence-corrected chi connectivity index (χ3v) is 3.95. The highest BCUT2D eigenvalue weighted by atomic mass is 35.5. The molecule has 25 heavy (non-hydrogen) atoms. The lowest BCUT2D eigenvalue weighted by atomic mass is 10.2.